The summed E-state index contributed by atoms with van der Waals surface area (Å²) < 4.78 is 5.67. The average molecular weight is 726 g/mol. The third-order valence-electron chi connectivity index (χ3n) is 10.4. The lowest BCUT2D eigenvalue weighted by molar-refractivity contribution is -0.232. The molecule has 1 aliphatic rings. The predicted octanol–water partition coefficient (Wildman–Crippen LogP) is 7.33. The Hall–Kier alpha value is -1.33. The van der Waals surface area contributed by atoms with Crippen molar-refractivity contribution in [1.29, 1.82) is 0 Å². The summed E-state index contributed by atoms with van der Waals surface area (Å²) in [4.78, 5) is 13.1. The predicted molar refractivity (Wildman–Crippen MR) is 207 cm³/mol. The van der Waals surface area contributed by atoms with Gasteiger partial charge >= 0.3 is 0 Å². The highest BCUT2D eigenvalue weighted by molar-refractivity contribution is 5.80. The average Bonchev–Trinajstić information content (AvgIpc) is 3.12. The summed E-state index contributed by atoms with van der Waals surface area (Å²) in [6, 6.07) is -0.939. The summed E-state index contributed by atoms with van der Waals surface area (Å²) in [5.41, 5.74) is 1.36. The van der Waals surface area contributed by atoms with E-state index in [1.165, 1.54) is 108 Å². The molecule has 1 aliphatic heterocycles. The van der Waals surface area contributed by atoms with Crippen LogP contribution in [0.3, 0.4) is 0 Å². The Balaban J connectivity index is 2.58. The van der Waals surface area contributed by atoms with Crippen LogP contribution in [0.5, 0.6) is 0 Å². The smallest absolute Gasteiger partial charge is 0.249 e. The first-order valence-electron chi connectivity index (χ1n) is 20.9. The number of carbonyl (C=O) groups is 1. The van der Waals surface area contributed by atoms with Gasteiger partial charge < -0.3 is 40.7 Å². The van der Waals surface area contributed by atoms with Crippen molar-refractivity contribution in [2.24, 2.45) is 0 Å². The number of rotatable bonds is 32. The van der Waals surface area contributed by atoms with E-state index in [1.54, 1.807) is 6.08 Å². The molecule has 9 heteroatoms. The summed E-state index contributed by atoms with van der Waals surface area (Å²) >= 11 is 0. The van der Waals surface area contributed by atoms with Crippen LogP contribution in [0, 0.1) is 0 Å². The molecule has 3 unspecified atom stereocenters. The molecule has 1 fully saturated rings. The number of hydrogen-bond donors (Lipinski definition) is 7. The van der Waals surface area contributed by atoms with Gasteiger partial charge in [-0.3, -0.25) is 4.79 Å². The van der Waals surface area contributed by atoms with Crippen LogP contribution in [0.1, 0.15) is 181 Å². The first-order valence-corrected chi connectivity index (χ1v) is 20.9. The van der Waals surface area contributed by atoms with Crippen molar-refractivity contribution in [3.8, 4) is 0 Å². The van der Waals surface area contributed by atoms with Crippen molar-refractivity contribution in [3.05, 3.63) is 23.8 Å². The third kappa shape index (κ3) is 22.5. The molecule has 1 saturated heterocycles. The molecule has 300 valence electrons. The summed E-state index contributed by atoms with van der Waals surface area (Å²) in [5, 5.41) is 65.3. The highest BCUT2D eigenvalue weighted by Crippen LogP contribution is 2.25. The zero-order chi connectivity index (χ0) is 37.7. The van der Waals surface area contributed by atoms with Crippen LogP contribution in [-0.4, -0.2) is 91.9 Å². The van der Waals surface area contributed by atoms with Crippen LogP contribution < -0.4 is 5.32 Å². The van der Waals surface area contributed by atoms with Gasteiger partial charge in [0.1, 0.15) is 30.5 Å². The molecule has 9 nitrogen and oxygen atoms in total. The number of hydrogen-bond acceptors (Lipinski definition) is 8. The van der Waals surface area contributed by atoms with Crippen molar-refractivity contribution < 1.29 is 40.2 Å². The van der Waals surface area contributed by atoms with Crippen molar-refractivity contribution in [2.45, 2.75) is 230 Å². The summed E-state index contributed by atoms with van der Waals surface area (Å²) in [6.45, 7) is 6.07. The van der Waals surface area contributed by atoms with Crippen molar-refractivity contribution in [3.63, 3.8) is 0 Å². The number of amides is 1. The summed E-state index contributed by atoms with van der Waals surface area (Å²) in [5.74, 6) is -0.611. The number of aliphatic hydroxyl groups excluding tert-OH is 6. The van der Waals surface area contributed by atoms with Gasteiger partial charge in [-0.25, -0.2) is 0 Å². The minimum absolute atomic E-state index is 0.0956. The molecule has 0 radical (unpaired) electrons. The Morgan fingerprint density at radius 2 is 1.18 bits per heavy atom. The molecule has 0 aliphatic carbocycles. The molecule has 51 heavy (non-hydrogen) atoms. The molecule has 1 rings (SSSR count). The molecule has 1 heterocycles. The van der Waals surface area contributed by atoms with E-state index in [-0.39, 0.29) is 6.42 Å². The van der Waals surface area contributed by atoms with Crippen molar-refractivity contribution in [2.75, 3.05) is 6.61 Å². The maximum Gasteiger partial charge on any atom is 0.249 e. The Bertz CT molecular complexity index is 896. The van der Waals surface area contributed by atoms with Crippen molar-refractivity contribution in [1.82, 2.24) is 5.32 Å². The lowest BCUT2D eigenvalue weighted by atomic mass is 9.90. The van der Waals surface area contributed by atoms with Gasteiger partial charge in [-0.05, 0) is 45.4 Å². The SMILES string of the molecule is CCCCCCCCCCCCCCC[C@@H](O)C(=O)NC(CC1O[C@H](CO)[C@@H](O)[C@H](O)[C@H]1O)C(O)C=CCCC=C(C)CCCCCCCCC. The Labute approximate surface area is 311 Å². The molecule has 0 aromatic rings. The Morgan fingerprint density at radius 3 is 1.71 bits per heavy atom. The van der Waals surface area contributed by atoms with E-state index in [0.717, 1.165) is 38.5 Å². The standard InChI is InChI=1S/C42H79NO8/c1-4-6-8-10-12-13-14-15-16-17-19-21-25-30-36(46)42(50)43-34(31-37-39(47)41(49)40(48)38(32-44)51-37)35(45)29-26-22-24-28-33(3)27-23-20-18-11-9-7-5-2/h26,28-29,34-41,44-49H,4-25,27,30-32H2,1-3H3,(H,43,50)/t34?,35?,36-,37?,38-,39+,40-,41-/m1/s1. The van der Waals surface area contributed by atoms with Gasteiger partial charge in [-0.1, -0.05) is 160 Å². The maximum absolute atomic E-state index is 13.1. The van der Waals surface area contributed by atoms with Gasteiger partial charge in [-0.15, -0.1) is 0 Å². The molecule has 0 aromatic heterocycles. The van der Waals surface area contributed by atoms with E-state index in [2.05, 4.69) is 32.2 Å². The Morgan fingerprint density at radius 1 is 0.686 bits per heavy atom. The second kappa shape index (κ2) is 31.1. The molecule has 0 aromatic carbocycles. The van der Waals surface area contributed by atoms with Crippen LogP contribution in [0.15, 0.2) is 23.8 Å². The molecule has 0 spiro atoms. The van der Waals surface area contributed by atoms with E-state index in [9.17, 15) is 35.4 Å². The normalized spacial score (nSPS) is 23.1. The highest BCUT2D eigenvalue weighted by Gasteiger charge is 2.44. The fraction of sp³-hybridized carbons (Fsp3) is 0.881. The molecule has 0 saturated carbocycles. The van der Waals surface area contributed by atoms with Gasteiger partial charge in [0.2, 0.25) is 5.91 Å². The highest BCUT2D eigenvalue weighted by atomic mass is 16.5. The summed E-state index contributed by atoms with van der Waals surface area (Å²) in [6.07, 6.45) is 24.1. The van der Waals surface area contributed by atoms with E-state index < -0.39 is 61.3 Å². The zero-order valence-electron chi connectivity index (χ0n) is 32.7. The lowest BCUT2D eigenvalue weighted by Crippen LogP contribution is -2.60. The van der Waals surface area contributed by atoms with E-state index in [0.29, 0.717) is 12.8 Å². The van der Waals surface area contributed by atoms with E-state index in [1.807, 2.05) is 6.08 Å². The number of carbonyl (C=O) groups excluding carboxylic acids is 1. The monoisotopic (exact) mass is 726 g/mol. The minimum atomic E-state index is -1.55. The van der Waals surface area contributed by atoms with E-state index in [4.69, 9.17) is 4.74 Å². The molecular formula is C42H79NO8. The molecule has 0 bridgehead atoms. The fourth-order valence-corrected chi connectivity index (χ4v) is 6.93. The zero-order valence-corrected chi connectivity index (χ0v) is 32.7. The van der Waals surface area contributed by atoms with Crippen LogP contribution in [0.25, 0.3) is 0 Å². The third-order valence-corrected chi connectivity index (χ3v) is 10.4. The van der Waals surface area contributed by atoms with Gasteiger partial charge in [0.25, 0.3) is 0 Å². The molecule has 8 atom stereocenters. The van der Waals surface area contributed by atoms with Crippen LogP contribution >= 0.6 is 0 Å². The fourth-order valence-electron chi connectivity index (χ4n) is 6.93. The molecule has 7 N–H and O–H groups in total. The number of aliphatic hydroxyl groups is 6. The van der Waals surface area contributed by atoms with Crippen LogP contribution in [-0.2, 0) is 9.53 Å². The Kier molecular flexibility index (Phi) is 29.0. The van der Waals surface area contributed by atoms with E-state index >= 15 is 0 Å². The van der Waals surface area contributed by atoms with Gasteiger partial charge in [-0.2, -0.15) is 0 Å². The first-order chi connectivity index (χ1) is 24.7. The number of ether oxygens (including phenoxy) is 1. The quantitative estimate of drug-likeness (QED) is 0.0281. The van der Waals surface area contributed by atoms with Crippen molar-refractivity contribution >= 4 is 5.91 Å². The van der Waals surface area contributed by atoms with Gasteiger partial charge in [0.15, 0.2) is 0 Å². The van der Waals surface area contributed by atoms with Crippen LogP contribution in [0.2, 0.25) is 0 Å². The minimum Gasteiger partial charge on any atom is -0.394 e. The van der Waals surface area contributed by atoms with Gasteiger partial charge in [0, 0.05) is 0 Å². The van der Waals surface area contributed by atoms with Gasteiger partial charge in [0.05, 0.1) is 24.9 Å². The number of allylic oxidation sites excluding steroid dienone is 3. The largest absolute Gasteiger partial charge is 0.394 e. The molecule has 1 amide bonds. The van der Waals surface area contributed by atoms with Crippen LogP contribution in [0.4, 0.5) is 0 Å². The lowest BCUT2D eigenvalue weighted by Gasteiger charge is -2.41. The second-order valence-corrected chi connectivity index (χ2v) is 15.2. The molecular weight excluding hydrogens is 646 g/mol. The maximum atomic E-state index is 13.1. The number of unbranched alkanes of at least 4 members (excludes halogenated alkanes) is 19. The summed E-state index contributed by atoms with van der Waals surface area (Å²) in [7, 11) is 0. The second-order valence-electron chi connectivity index (χ2n) is 15.2. The topological polar surface area (TPSA) is 160 Å². The first kappa shape index (κ1) is 47.7. The number of nitrogens with one attached hydrogen (secondary N) is 1.